The van der Waals surface area contributed by atoms with Crippen molar-refractivity contribution >= 4 is 40.6 Å². The second kappa shape index (κ2) is 7.15. The van der Waals surface area contributed by atoms with Gasteiger partial charge in [0.05, 0.1) is 24.1 Å². The van der Waals surface area contributed by atoms with E-state index >= 15 is 0 Å². The van der Waals surface area contributed by atoms with Crippen LogP contribution in [0.4, 0.5) is 5.69 Å². The van der Waals surface area contributed by atoms with Crippen LogP contribution in [0.1, 0.15) is 38.5 Å². The first kappa shape index (κ1) is 18.6. The van der Waals surface area contributed by atoms with Crippen molar-refractivity contribution in [3.8, 4) is 0 Å². The zero-order chi connectivity index (χ0) is 19.4. The number of carbonyl (C=O) groups excluding carboxylic acids is 1. The van der Waals surface area contributed by atoms with Crippen LogP contribution >= 0.6 is 23.8 Å². The van der Waals surface area contributed by atoms with Crippen LogP contribution in [0.2, 0.25) is 5.02 Å². The largest absolute Gasteiger partial charge is 0.457 e. The maximum absolute atomic E-state index is 12.5. The number of halogens is 1. The number of hydrogen-bond acceptors (Lipinski definition) is 4. The minimum atomic E-state index is -0.620. The highest BCUT2D eigenvalue weighted by Gasteiger charge is 2.63. The van der Waals surface area contributed by atoms with E-state index in [0.717, 1.165) is 17.3 Å². The first-order valence-electron chi connectivity index (χ1n) is 10.3. The fourth-order valence-electron chi connectivity index (χ4n) is 5.62. The van der Waals surface area contributed by atoms with Gasteiger partial charge in [-0.3, -0.25) is 4.79 Å². The fraction of sp³-hybridized carbons (Fsp3) is 0.619. The summed E-state index contributed by atoms with van der Waals surface area (Å²) in [6.45, 7) is 0.873. The van der Waals surface area contributed by atoms with Crippen molar-refractivity contribution in [1.29, 1.82) is 0 Å². The van der Waals surface area contributed by atoms with Crippen LogP contribution < -0.4 is 4.90 Å². The number of rotatable bonds is 3. The van der Waals surface area contributed by atoms with E-state index in [4.69, 9.17) is 28.6 Å². The molecule has 0 radical (unpaired) electrons. The van der Waals surface area contributed by atoms with E-state index in [9.17, 15) is 9.90 Å². The molecule has 3 saturated heterocycles. The van der Waals surface area contributed by atoms with Gasteiger partial charge in [-0.1, -0.05) is 30.9 Å². The number of ether oxygens (including phenoxy) is 1. The van der Waals surface area contributed by atoms with Crippen LogP contribution in [0.25, 0.3) is 0 Å². The molecule has 5 fully saturated rings. The second-order valence-electron chi connectivity index (χ2n) is 8.58. The molecule has 2 aliphatic carbocycles. The number of anilines is 1. The number of hydrogen-bond donors (Lipinski definition) is 1. The molecule has 5 atom stereocenters. The van der Waals surface area contributed by atoms with Crippen molar-refractivity contribution in [3.63, 3.8) is 0 Å². The standard InChI is InChI=1S/C21H25ClN2O3S/c22-13-6-8-14(9-7-13)24-17-15-10-16(25)19(27-20(15)26)18(17)23(21(24)28)11-12-4-2-1-3-5-12/h6-9,12,15-19,25H,1-5,10-11H2/t15-,16-,17-,18-,19+/m1/s1. The molecular weight excluding hydrogens is 396 g/mol. The van der Waals surface area contributed by atoms with Crippen molar-refractivity contribution in [2.75, 3.05) is 11.4 Å². The summed E-state index contributed by atoms with van der Waals surface area (Å²) in [6.07, 6.45) is 5.59. The van der Waals surface area contributed by atoms with Crippen molar-refractivity contribution in [2.45, 2.75) is 62.8 Å². The first-order valence-corrected chi connectivity index (χ1v) is 11.1. The molecule has 28 heavy (non-hydrogen) atoms. The van der Waals surface area contributed by atoms with E-state index in [0.29, 0.717) is 17.4 Å². The number of benzene rings is 1. The average molecular weight is 421 g/mol. The first-order chi connectivity index (χ1) is 13.5. The highest BCUT2D eigenvalue weighted by molar-refractivity contribution is 7.80. The summed E-state index contributed by atoms with van der Waals surface area (Å²) in [6, 6.07) is 7.45. The van der Waals surface area contributed by atoms with Crippen molar-refractivity contribution in [2.24, 2.45) is 11.8 Å². The Hall–Kier alpha value is -1.37. The Labute approximate surface area is 175 Å². The third-order valence-electron chi connectivity index (χ3n) is 6.92. The van der Waals surface area contributed by atoms with Gasteiger partial charge in [-0.2, -0.15) is 0 Å². The number of carbonyl (C=O) groups is 1. The molecule has 5 aliphatic rings. The van der Waals surface area contributed by atoms with Crippen LogP contribution in [-0.2, 0) is 9.53 Å². The molecule has 1 N–H and O–H groups in total. The zero-order valence-electron chi connectivity index (χ0n) is 15.7. The van der Waals surface area contributed by atoms with Crippen molar-refractivity contribution in [3.05, 3.63) is 29.3 Å². The molecule has 0 spiro atoms. The summed E-state index contributed by atoms with van der Waals surface area (Å²) < 4.78 is 5.64. The third kappa shape index (κ3) is 2.92. The number of aliphatic hydroxyl groups is 1. The summed E-state index contributed by atoms with van der Waals surface area (Å²) in [5.41, 5.74) is 0.949. The fourth-order valence-corrected chi connectivity index (χ4v) is 6.17. The summed E-state index contributed by atoms with van der Waals surface area (Å²) in [5.74, 6) is 0.0265. The normalized spacial score (nSPS) is 35.3. The van der Waals surface area contributed by atoms with Crippen molar-refractivity contribution < 1.29 is 14.6 Å². The molecule has 6 rings (SSSR count). The lowest BCUT2D eigenvalue weighted by Gasteiger charge is -2.49. The van der Waals surface area contributed by atoms with Gasteiger partial charge in [-0.25, -0.2) is 0 Å². The maximum atomic E-state index is 12.5. The Morgan fingerprint density at radius 2 is 1.86 bits per heavy atom. The van der Waals surface area contributed by atoms with Gasteiger partial charge in [-0.15, -0.1) is 0 Å². The van der Waals surface area contributed by atoms with Crippen LogP contribution in [-0.4, -0.2) is 51.9 Å². The topological polar surface area (TPSA) is 53.0 Å². The van der Waals surface area contributed by atoms with Crippen LogP contribution in [0, 0.1) is 11.8 Å². The summed E-state index contributed by atoms with van der Waals surface area (Å²) in [7, 11) is 0. The molecule has 2 bridgehead atoms. The lowest BCUT2D eigenvalue weighted by atomic mass is 9.74. The van der Waals surface area contributed by atoms with E-state index < -0.39 is 12.2 Å². The average Bonchev–Trinajstić information content (AvgIpc) is 2.98. The summed E-state index contributed by atoms with van der Waals surface area (Å²) in [4.78, 5) is 16.9. The molecule has 0 unspecified atom stereocenters. The quantitative estimate of drug-likeness (QED) is 0.597. The lowest BCUT2D eigenvalue weighted by molar-refractivity contribution is -0.194. The Balaban J connectivity index is 1.52. The van der Waals surface area contributed by atoms with Crippen molar-refractivity contribution in [1.82, 2.24) is 4.90 Å². The van der Waals surface area contributed by atoms with Crippen LogP contribution in [0.3, 0.4) is 0 Å². The Morgan fingerprint density at radius 3 is 2.57 bits per heavy atom. The summed E-state index contributed by atoms with van der Waals surface area (Å²) in [5, 5.41) is 12.0. The highest BCUT2D eigenvalue weighted by atomic mass is 35.5. The van der Waals surface area contributed by atoms with Gasteiger partial charge in [0, 0.05) is 17.3 Å². The SMILES string of the molecule is O=C1O[C@@H]2[C@H]3[C@@H]([C@H]1C[C@H]2O)N(c1ccc(Cl)cc1)C(=S)N3CC1CCCCC1. The van der Waals surface area contributed by atoms with Gasteiger partial charge in [0.15, 0.2) is 5.11 Å². The molecule has 7 heteroatoms. The Bertz CT molecular complexity index is 782. The maximum Gasteiger partial charge on any atom is 0.311 e. The van der Waals surface area contributed by atoms with Gasteiger partial charge >= 0.3 is 5.97 Å². The number of nitrogens with zero attached hydrogens (tertiary/aromatic N) is 2. The van der Waals surface area contributed by atoms with Gasteiger partial charge < -0.3 is 19.6 Å². The van der Waals surface area contributed by atoms with Crippen LogP contribution in [0.5, 0.6) is 0 Å². The molecule has 1 aromatic carbocycles. The van der Waals surface area contributed by atoms with E-state index in [1.54, 1.807) is 0 Å². The molecule has 0 aromatic heterocycles. The minimum Gasteiger partial charge on any atom is -0.457 e. The number of esters is 1. The molecule has 5 nitrogen and oxygen atoms in total. The highest BCUT2D eigenvalue weighted by Crippen LogP contribution is 2.46. The lowest BCUT2D eigenvalue weighted by Crippen LogP contribution is -2.66. The van der Waals surface area contributed by atoms with Gasteiger partial charge in [0.1, 0.15) is 6.10 Å². The second-order valence-corrected chi connectivity index (χ2v) is 9.38. The molecular formula is C21H25ClN2O3S. The molecule has 150 valence electrons. The number of aliphatic hydroxyl groups excluding tert-OH is 1. The van der Waals surface area contributed by atoms with Crippen LogP contribution in [0.15, 0.2) is 24.3 Å². The van der Waals surface area contributed by atoms with Gasteiger partial charge in [0.2, 0.25) is 0 Å². The molecule has 0 amide bonds. The molecule has 1 aromatic rings. The Morgan fingerprint density at radius 1 is 1.14 bits per heavy atom. The molecule has 3 aliphatic heterocycles. The molecule has 2 saturated carbocycles. The zero-order valence-corrected chi connectivity index (χ0v) is 17.2. The molecule has 3 heterocycles. The number of fused-ring (bicyclic) bond motifs is 2. The summed E-state index contributed by atoms with van der Waals surface area (Å²) >= 11 is 12.0. The van der Waals surface area contributed by atoms with E-state index in [2.05, 4.69) is 9.80 Å². The predicted molar refractivity (Wildman–Crippen MR) is 111 cm³/mol. The van der Waals surface area contributed by atoms with E-state index in [1.807, 2.05) is 24.3 Å². The predicted octanol–water partition coefficient (Wildman–Crippen LogP) is 3.37. The van der Waals surface area contributed by atoms with E-state index in [1.165, 1.54) is 32.1 Å². The monoisotopic (exact) mass is 420 g/mol. The minimum absolute atomic E-state index is 0.0865. The number of thiocarbonyl (C=S) groups is 1. The van der Waals surface area contributed by atoms with E-state index in [-0.39, 0.29) is 24.0 Å². The Kier molecular flexibility index (Phi) is 4.76. The van der Waals surface area contributed by atoms with Gasteiger partial charge in [-0.05, 0) is 61.7 Å². The smallest absolute Gasteiger partial charge is 0.311 e. The third-order valence-corrected chi connectivity index (χ3v) is 7.61. The van der Waals surface area contributed by atoms with Gasteiger partial charge in [0.25, 0.3) is 0 Å².